The first-order chi connectivity index (χ1) is 19.9. The van der Waals surface area contributed by atoms with Gasteiger partial charge in [0.2, 0.25) is 0 Å². The predicted octanol–water partition coefficient (Wildman–Crippen LogP) is 12.3. The van der Waals surface area contributed by atoms with E-state index in [1.165, 1.54) is 173 Å². The molecule has 41 heavy (non-hydrogen) atoms. The van der Waals surface area contributed by atoms with Crippen molar-refractivity contribution in [3.63, 3.8) is 0 Å². The zero-order chi connectivity index (χ0) is 30.3. The molecule has 252 valence electrons. The summed E-state index contributed by atoms with van der Waals surface area (Å²) in [7, 11) is -2.12. The zero-order valence-corrected chi connectivity index (χ0v) is 30.4. The molecule has 0 aliphatic rings. The summed E-state index contributed by atoms with van der Waals surface area (Å²) >= 11 is 0. The molecule has 5 heteroatoms. The van der Waals surface area contributed by atoms with Crippen LogP contribution in [0.5, 0.6) is 0 Å². The van der Waals surface area contributed by atoms with Gasteiger partial charge in [-0.05, 0) is 36.5 Å². The van der Waals surface area contributed by atoms with E-state index >= 15 is 0 Å². The van der Waals surface area contributed by atoms with Crippen LogP contribution in [0.25, 0.3) is 0 Å². The van der Waals surface area contributed by atoms with Gasteiger partial charge in [-0.1, -0.05) is 194 Å². The third-order valence-electron chi connectivity index (χ3n) is 9.35. The van der Waals surface area contributed by atoms with Crippen LogP contribution in [-0.2, 0) is 9.21 Å². The van der Waals surface area contributed by atoms with Crippen LogP contribution < -0.4 is 0 Å². The minimum absolute atomic E-state index is 0.898. The van der Waals surface area contributed by atoms with E-state index in [1.54, 1.807) is 0 Å². The van der Waals surface area contributed by atoms with Gasteiger partial charge < -0.3 is 14.7 Å². The molecule has 0 unspecified atom stereocenters. The third-order valence-corrected chi connectivity index (χ3v) is 19.2. The Morgan fingerprint density at radius 1 is 0.293 bits per heavy atom. The standard InChI is InChI=1S/C36H79O3PS/c1-4-7-10-13-16-19-22-25-28-31-34-41(40(37,38)39,35-32-29-26-23-20-17-14-11-8-5-2)36-33-30-27-24-21-18-15-12-9-6-3/h37-39,41H,4-36H2,1-3H3. The molecule has 0 aromatic carbocycles. The number of rotatable bonds is 33. The summed E-state index contributed by atoms with van der Waals surface area (Å²) in [5.74, 6) is 2.70. The second-order valence-electron chi connectivity index (χ2n) is 13.3. The molecule has 0 radical (unpaired) electrons. The summed E-state index contributed by atoms with van der Waals surface area (Å²) < 4.78 is 0. The lowest BCUT2D eigenvalue weighted by Crippen LogP contribution is -2.27. The lowest BCUT2D eigenvalue weighted by Gasteiger charge is -2.35. The quantitative estimate of drug-likeness (QED) is 0.0334. The highest BCUT2D eigenvalue weighted by Gasteiger charge is 2.24. The molecule has 0 rings (SSSR count). The van der Waals surface area contributed by atoms with Crippen molar-refractivity contribution in [1.82, 2.24) is 0 Å². The summed E-state index contributed by atoms with van der Waals surface area (Å²) in [6.45, 7) is 3.05. The highest BCUT2D eigenvalue weighted by molar-refractivity contribution is 8.39. The largest absolute Gasteiger partial charge is 0.330 e. The maximum Gasteiger partial charge on any atom is 0.259 e. The lowest BCUT2D eigenvalue weighted by molar-refractivity contribution is 0.362. The average Bonchev–Trinajstić information content (AvgIpc) is 2.95. The SMILES string of the molecule is CCCCCCCCCCCC[SH](CCCCCCCCCCCC)(CCCCCCCCCCCC)=P(O)(O)O. The van der Waals surface area contributed by atoms with Gasteiger partial charge in [-0.2, -0.15) is 9.21 Å². The zero-order valence-electron chi connectivity index (χ0n) is 28.6. The molecular formula is C36H79O3PS. The Labute approximate surface area is 260 Å². The number of unbranched alkanes of at least 4 members (excludes halogenated alkanes) is 27. The second kappa shape index (κ2) is 30.7. The molecular weight excluding hydrogens is 543 g/mol. The van der Waals surface area contributed by atoms with E-state index in [4.69, 9.17) is 0 Å². The molecule has 0 amide bonds. The van der Waals surface area contributed by atoms with Crippen molar-refractivity contribution >= 4 is 15.9 Å². The van der Waals surface area contributed by atoms with E-state index in [9.17, 15) is 14.7 Å². The van der Waals surface area contributed by atoms with Crippen LogP contribution in [0.3, 0.4) is 0 Å². The molecule has 0 bridgehead atoms. The van der Waals surface area contributed by atoms with Gasteiger partial charge in [0.15, 0.2) is 0 Å². The summed E-state index contributed by atoms with van der Waals surface area (Å²) in [6, 6.07) is 0. The van der Waals surface area contributed by atoms with E-state index in [-0.39, 0.29) is 0 Å². The van der Waals surface area contributed by atoms with Crippen LogP contribution in [0.1, 0.15) is 213 Å². The van der Waals surface area contributed by atoms with E-state index in [0.717, 1.165) is 36.5 Å². The van der Waals surface area contributed by atoms with Crippen LogP contribution in [0.15, 0.2) is 0 Å². The highest BCUT2D eigenvalue weighted by Crippen LogP contribution is 2.46. The van der Waals surface area contributed by atoms with Crippen molar-refractivity contribution < 1.29 is 14.7 Å². The van der Waals surface area contributed by atoms with Crippen LogP contribution in [-0.4, -0.2) is 31.9 Å². The third kappa shape index (κ3) is 25.7. The van der Waals surface area contributed by atoms with E-state index in [0.29, 0.717) is 0 Å². The van der Waals surface area contributed by atoms with Gasteiger partial charge >= 0.3 is 0 Å². The molecule has 0 aromatic rings. The number of thiol groups is 1. The normalized spacial score (nSPS) is 12.8. The Morgan fingerprint density at radius 2 is 0.463 bits per heavy atom. The minimum atomic E-state index is -3.78. The fourth-order valence-electron chi connectivity index (χ4n) is 6.42. The lowest BCUT2D eigenvalue weighted by atomic mass is 10.1. The van der Waals surface area contributed by atoms with Crippen molar-refractivity contribution in [3.8, 4) is 0 Å². The number of hydrogen-bond donors (Lipinski definition) is 4. The highest BCUT2D eigenvalue weighted by atomic mass is 32.6. The Hall–Kier alpha value is 0.660. The average molecular weight is 623 g/mol. The molecule has 0 saturated heterocycles. The van der Waals surface area contributed by atoms with Crippen molar-refractivity contribution in [2.24, 2.45) is 0 Å². The maximum atomic E-state index is 10.8. The fraction of sp³-hybridized carbons (Fsp3) is 1.00. The summed E-state index contributed by atoms with van der Waals surface area (Å²) in [5, 5.41) is 0. The Kier molecular flexibility index (Phi) is 31.2. The molecule has 0 saturated carbocycles. The first-order valence-corrected chi connectivity index (χ1v) is 23.6. The summed E-state index contributed by atoms with van der Waals surface area (Å²) in [4.78, 5) is 32.5. The van der Waals surface area contributed by atoms with Crippen molar-refractivity contribution in [3.05, 3.63) is 0 Å². The smallest absolute Gasteiger partial charge is 0.259 e. The molecule has 0 aliphatic heterocycles. The van der Waals surface area contributed by atoms with E-state index in [2.05, 4.69) is 20.8 Å². The molecule has 0 fully saturated rings. The van der Waals surface area contributed by atoms with Gasteiger partial charge in [-0.3, -0.25) is 0 Å². The van der Waals surface area contributed by atoms with Crippen molar-refractivity contribution in [2.75, 3.05) is 17.3 Å². The Morgan fingerprint density at radius 3 is 0.634 bits per heavy atom. The Balaban J connectivity index is 4.61. The van der Waals surface area contributed by atoms with E-state index < -0.39 is 15.9 Å². The van der Waals surface area contributed by atoms with Crippen molar-refractivity contribution in [1.29, 1.82) is 0 Å². The van der Waals surface area contributed by atoms with Gasteiger partial charge in [0, 0.05) is 0 Å². The van der Waals surface area contributed by atoms with Crippen LogP contribution >= 0.6 is 6.72 Å². The van der Waals surface area contributed by atoms with Gasteiger partial charge in [0.1, 0.15) is 0 Å². The topological polar surface area (TPSA) is 60.7 Å². The summed E-state index contributed by atoms with van der Waals surface area (Å²) in [6.07, 6.45) is 39.0. The molecule has 3 nitrogen and oxygen atoms in total. The Bertz CT molecular complexity index is 529. The van der Waals surface area contributed by atoms with E-state index in [1.807, 2.05) is 0 Å². The van der Waals surface area contributed by atoms with Gasteiger partial charge in [0.05, 0.1) is 0 Å². The van der Waals surface area contributed by atoms with Crippen LogP contribution in [0, 0.1) is 0 Å². The molecule has 0 atom stereocenters. The first kappa shape index (κ1) is 41.7. The van der Waals surface area contributed by atoms with Gasteiger partial charge in [-0.15, -0.1) is 0 Å². The summed E-state index contributed by atoms with van der Waals surface area (Å²) in [5.41, 5.74) is 0. The van der Waals surface area contributed by atoms with Crippen molar-refractivity contribution in [2.45, 2.75) is 213 Å². The minimum Gasteiger partial charge on any atom is -0.330 e. The number of hydrogen-bond acceptors (Lipinski definition) is 0. The van der Waals surface area contributed by atoms with Crippen LogP contribution in [0.2, 0.25) is 0 Å². The first-order valence-electron chi connectivity index (χ1n) is 18.9. The predicted molar refractivity (Wildman–Crippen MR) is 192 cm³/mol. The molecule has 0 heterocycles. The fourth-order valence-corrected chi connectivity index (χ4v) is 14.0. The van der Waals surface area contributed by atoms with Crippen LogP contribution in [0.4, 0.5) is 0 Å². The van der Waals surface area contributed by atoms with Gasteiger partial charge in [-0.25, -0.2) is 0 Å². The second-order valence-corrected chi connectivity index (χ2v) is 22.1. The monoisotopic (exact) mass is 623 g/mol. The maximum absolute atomic E-state index is 10.8. The van der Waals surface area contributed by atoms with Gasteiger partial charge in [0.25, 0.3) is 6.72 Å². The molecule has 0 aliphatic carbocycles. The molecule has 3 N–H and O–H groups in total. The molecule has 0 spiro atoms. The molecule has 0 aromatic heterocycles.